The molecule has 160 valence electrons. The van der Waals surface area contributed by atoms with Gasteiger partial charge in [0.15, 0.2) is 0 Å². The molecule has 0 spiro atoms. The van der Waals surface area contributed by atoms with E-state index in [1.807, 2.05) is 0 Å². The quantitative estimate of drug-likeness (QED) is 0.659. The standard InChI is InChI=1S/C14H9F6NO6S2/c15-13(16,17)26-9-1-5-11(6-2-9)28(22,23)21-29(24,25)12-7-3-10(4-8-12)27-14(18,19)20/h1-8,21H. The molecule has 2 rings (SSSR count). The van der Waals surface area contributed by atoms with E-state index in [0.717, 1.165) is 0 Å². The van der Waals surface area contributed by atoms with Gasteiger partial charge in [-0.3, -0.25) is 0 Å². The minimum atomic E-state index is -5.01. The van der Waals surface area contributed by atoms with Crippen LogP contribution in [0.2, 0.25) is 0 Å². The van der Waals surface area contributed by atoms with E-state index in [2.05, 4.69) is 9.47 Å². The maximum Gasteiger partial charge on any atom is 0.573 e. The van der Waals surface area contributed by atoms with Crippen molar-refractivity contribution < 1.29 is 52.7 Å². The van der Waals surface area contributed by atoms with Crippen molar-refractivity contribution in [2.75, 3.05) is 0 Å². The molecule has 0 aliphatic rings. The van der Waals surface area contributed by atoms with Crippen LogP contribution in [0.1, 0.15) is 0 Å². The molecule has 29 heavy (non-hydrogen) atoms. The number of halogens is 6. The van der Waals surface area contributed by atoms with Crippen LogP contribution in [0.25, 0.3) is 0 Å². The van der Waals surface area contributed by atoms with E-state index in [1.54, 1.807) is 0 Å². The van der Waals surface area contributed by atoms with Crippen molar-refractivity contribution in [3.8, 4) is 11.5 Å². The van der Waals surface area contributed by atoms with Crippen molar-refractivity contribution in [1.29, 1.82) is 0 Å². The van der Waals surface area contributed by atoms with Crippen molar-refractivity contribution in [3.63, 3.8) is 0 Å². The predicted octanol–water partition coefficient (Wildman–Crippen LogP) is 3.15. The second-order valence-corrected chi connectivity index (χ2v) is 8.75. The maximum atomic E-state index is 12.1. The molecule has 1 N–H and O–H groups in total. The summed E-state index contributed by atoms with van der Waals surface area (Å²) in [5.74, 6) is -1.47. The molecular formula is C14H9F6NO6S2. The zero-order chi connectivity index (χ0) is 22.1. The molecule has 2 aromatic rings. The van der Waals surface area contributed by atoms with Crippen LogP contribution in [0.5, 0.6) is 11.5 Å². The molecule has 0 fully saturated rings. The predicted molar refractivity (Wildman–Crippen MR) is 83.8 cm³/mol. The first-order chi connectivity index (χ1) is 13.1. The van der Waals surface area contributed by atoms with Gasteiger partial charge < -0.3 is 9.47 Å². The van der Waals surface area contributed by atoms with E-state index < -0.39 is 54.1 Å². The Labute approximate surface area is 160 Å². The Morgan fingerprint density at radius 3 is 1.10 bits per heavy atom. The molecular weight excluding hydrogens is 456 g/mol. The molecule has 0 saturated carbocycles. The molecule has 0 radical (unpaired) electrons. The number of benzene rings is 2. The fraction of sp³-hybridized carbons (Fsp3) is 0.143. The Morgan fingerprint density at radius 1 is 0.586 bits per heavy atom. The van der Waals surface area contributed by atoms with Gasteiger partial charge in [0.05, 0.1) is 9.79 Å². The highest BCUT2D eigenvalue weighted by Crippen LogP contribution is 2.26. The summed E-state index contributed by atoms with van der Waals surface area (Å²) < 4.78 is 130. The average Bonchev–Trinajstić information content (AvgIpc) is 2.52. The van der Waals surface area contributed by atoms with Gasteiger partial charge in [0, 0.05) is 0 Å². The highest BCUT2D eigenvalue weighted by Gasteiger charge is 2.32. The summed E-state index contributed by atoms with van der Waals surface area (Å²) >= 11 is 0. The van der Waals surface area contributed by atoms with Gasteiger partial charge in [-0.25, -0.2) is 16.8 Å². The minimum Gasteiger partial charge on any atom is -0.406 e. The molecule has 15 heteroatoms. The lowest BCUT2D eigenvalue weighted by Gasteiger charge is -2.11. The van der Waals surface area contributed by atoms with Crippen LogP contribution in [-0.2, 0) is 20.0 Å². The number of hydrogen-bond acceptors (Lipinski definition) is 6. The molecule has 0 unspecified atom stereocenters. The third-order valence-electron chi connectivity index (χ3n) is 2.95. The second-order valence-electron chi connectivity index (χ2n) is 5.13. The first-order valence-electron chi connectivity index (χ1n) is 7.08. The summed E-state index contributed by atoms with van der Waals surface area (Å²) in [6, 6.07) is 5.27. The van der Waals surface area contributed by atoms with Crippen LogP contribution in [0, 0.1) is 0 Å². The lowest BCUT2D eigenvalue weighted by molar-refractivity contribution is -0.275. The summed E-state index contributed by atoms with van der Waals surface area (Å²) in [5.41, 5.74) is 0. The first kappa shape index (κ1) is 22.8. The summed E-state index contributed by atoms with van der Waals surface area (Å²) in [5, 5.41) is 0. The number of hydrogen-bond donors (Lipinski definition) is 1. The van der Waals surface area contributed by atoms with E-state index in [-0.39, 0.29) is 0 Å². The van der Waals surface area contributed by atoms with Crippen molar-refractivity contribution in [3.05, 3.63) is 48.5 Å². The van der Waals surface area contributed by atoms with Gasteiger partial charge in [0.25, 0.3) is 20.0 Å². The third-order valence-corrected chi connectivity index (χ3v) is 6.50. The van der Waals surface area contributed by atoms with Crippen LogP contribution in [-0.4, -0.2) is 29.6 Å². The molecule has 0 bridgehead atoms. The highest BCUT2D eigenvalue weighted by molar-refractivity contribution is 8.04. The number of ether oxygens (including phenoxy) is 2. The van der Waals surface area contributed by atoms with Gasteiger partial charge in [-0.15, -0.1) is 30.5 Å². The van der Waals surface area contributed by atoms with Gasteiger partial charge in [-0.2, -0.15) is 0 Å². The number of nitrogens with one attached hydrogen (secondary N) is 1. The molecule has 2 aromatic carbocycles. The molecule has 0 atom stereocenters. The van der Waals surface area contributed by atoms with E-state index in [9.17, 15) is 43.2 Å². The van der Waals surface area contributed by atoms with Gasteiger partial charge in [-0.1, -0.05) is 0 Å². The second kappa shape index (κ2) is 7.72. The topological polar surface area (TPSA) is 98.8 Å². The monoisotopic (exact) mass is 465 g/mol. The fourth-order valence-corrected chi connectivity index (χ4v) is 4.80. The van der Waals surface area contributed by atoms with E-state index in [4.69, 9.17) is 0 Å². The van der Waals surface area contributed by atoms with E-state index in [1.165, 1.54) is 4.13 Å². The molecule has 0 aliphatic heterocycles. The van der Waals surface area contributed by atoms with Crippen LogP contribution < -0.4 is 13.6 Å². The van der Waals surface area contributed by atoms with Crippen LogP contribution >= 0.6 is 0 Å². The molecule has 0 aromatic heterocycles. The van der Waals surface area contributed by atoms with Crippen molar-refractivity contribution >= 4 is 20.0 Å². The van der Waals surface area contributed by atoms with E-state index in [0.29, 0.717) is 48.5 Å². The van der Waals surface area contributed by atoms with Gasteiger partial charge in [0.2, 0.25) is 0 Å². The fourth-order valence-electron chi connectivity index (χ4n) is 1.88. The zero-order valence-electron chi connectivity index (χ0n) is 13.7. The maximum absolute atomic E-state index is 12.1. The van der Waals surface area contributed by atoms with Crippen molar-refractivity contribution in [2.24, 2.45) is 0 Å². The van der Waals surface area contributed by atoms with Crippen molar-refractivity contribution in [2.45, 2.75) is 22.5 Å². The summed E-state index contributed by atoms with van der Waals surface area (Å²) in [6.07, 6.45) is -10.0. The molecule has 7 nitrogen and oxygen atoms in total. The van der Waals surface area contributed by atoms with Gasteiger partial charge >= 0.3 is 12.7 Å². The molecule has 0 saturated heterocycles. The molecule has 0 aliphatic carbocycles. The minimum absolute atomic E-state index is 0.651. The summed E-state index contributed by atoms with van der Waals surface area (Å²) in [7, 11) is -9.50. The molecule has 0 heterocycles. The Balaban J connectivity index is 2.20. The summed E-state index contributed by atoms with van der Waals surface area (Å²) in [4.78, 5) is -1.40. The van der Waals surface area contributed by atoms with Crippen LogP contribution in [0.4, 0.5) is 26.3 Å². The first-order valence-corrected chi connectivity index (χ1v) is 10.0. The van der Waals surface area contributed by atoms with E-state index >= 15 is 0 Å². The summed E-state index contributed by atoms with van der Waals surface area (Å²) in [6.45, 7) is 0. The average molecular weight is 465 g/mol. The lowest BCUT2D eigenvalue weighted by atomic mass is 10.3. The Kier molecular flexibility index (Phi) is 6.06. The third kappa shape index (κ3) is 6.79. The molecule has 0 amide bonds. The number of rotatable bonds is 6. The zero-order valence-corrected chi connectivity index (χ0v) is 15.3. The van der Waals surface area contributed by atoms with Gasteiger partial charge in [0.1, 0.15) is 11.5 Å². The Morgan fingerprint density at radius 2 is 0.862 bits per heavy atom. The SMILES string of the molecule is O=S(=O)(NS(=O)(=O)c1ccc(OC(F)(F)F)cc1)c1ccc(OC(F)(F)F)cc1. The smallest absolute Gasteiger partial charge is 0.406 e. The Bertz CT molecular complexity index is 974. The Hall–Kier alpha value is -2.52. The van der Waals surface area contributed by atoms with Crippen molar-refractivity contribution in [1.82, 2.24) is 4.13 Å². The van der Waals surface area contributed by atoms with Crippen LogP contribution in [0.3, 0.4) is 0 Å². The lowest BCUT2D eigenvalue weighted by Crippen LogP contribution is -2.30. The normalized spacial score (nSPS) is 13.2. The van der Waals surface area contributed by atoms with Gasteiger partial charge in [-0.05, 0) is 48.5 Å². The number of sulfonamides is 2. The van der Waals surface area contributed by atoms with Crippen LogP contribution in [0.15, 0.2) is 58.3 Å². The highest BCUT2D eigenvalue weighted by atomic mass is 32.3. The largest absolute Gasteiger partial charge is 0.573 e. The number of alkyl halides is 6.